The molecule has 3 aromatic rings. The van der Waals surface area contributed by atoms with Gasteiger partial charge in [0, 0.05) is 53.9 Å². The molecule has 0 fully saturated rings. The standard InChI is InChI=1S/C23H23ClF3N5O3/c1-15-11-31-21(29-9-7-18-4-2-3-8-28-18)22(34)32(15)13-20(33)30-12-16-10-17(24)5-6-19(16)35-14-23(25,26)27/h2-6,8,10-11H,7,9,12-14H2,1H3,(H,29,31)(H,30,33). The summed E-state index contributed by atoms with van der Waals surface area (Å²) in [5.41, 5.74) is 1.12. The zero-order chi connectivity index (χ0) is 25.4. The van der Waals surface area contributed by atoms with E-state index in [9.17, 15) is 22.8 Å². The number of anilines is 1. The van der Waals surface area contributed by atoms with E-state index < -0.39 is 24.2 Å². The average Bonchev–Trinajstić information content (AvgIpc) is 2.81. The molecule has 2 heterocycles. The van der Waals surface area contributed by atoms with Crippen LogP contribution in [0, 0.1) is 6.92 Å². The molecule has 0 aliphatic carbocycles. The van der Waals surface area contributed by atoms with Crippen LogP contribution in [0.2, 0.25) is 5.02 Å². The highest BCUT2D eigenvalue weighted by atomic mass is 35.5. The van der Waals surface area contributed by atoms with Gasteiger partial charge in [0.15, 0.2) is 12.4 Å². The second kappa shape index (κ2) is 11.7. The predicted molar refractivity (Wildman–Crippen MR) is 125 cm³/mol. The quantitative estimate of drug-likeness (QED) is 0.434. The lowest BCUT2D eigenvalue weighted by Gasteiger charge is -2.15. The van der Waals surface area contributed by atoms with Crippen LogP contribution in [0.4, 0.5) is 19.0 Å². The number of halogens is 4. The fraction of sp³-hybridized carbons (Fsp3) is 0.304. The molecule has 0 aliphatic heterocycles. The Kier molecular flexibility index (Phi) is 8.69. The Labute approximate surface area is 204 Å². The highest BCUT2D eigenvalue weighted by molar-refractivity contribution is 6.30. The molecule has 1 aromatic carbocycles. The summed E-state index contributed by atoms with van der Waals surface area (Å²) in [6.07, 6.45) is -0.782. The molecule has 35 heavy (non-hydrogen) atoms. The van der Waals surface area contributed by atoms with Crippen LogP contribution in [0.25, 0.3) is 0 Å². The van der Waals surface area contributed by atoms with Crippen LogP contribution >= 0.6 is 11.6 Å². The van der Waals surface area contributed by atoms with Gasteiger partial charge in [0.25, 0.3) is 5.56 Å². The second-order valence-corrected chi connectivity index (χ2v) is 8.01. The van der Waals surface area contributed by atoms with Crippen LogP contribution in [0.3, 0.4) is 0 Å². The highest BCUT2D eigenvalue weighted by Gasteiger charge is 2.28. The Morgan fingerprint density at radius 1 is 1.20 bits per heavy atom. The summed E-state index contributed by atoms with van der Waals surface area (Å²) in [4.78, 5) is 33.7. The molecule has 0 bridgehead atoms. The van der Waals surface area contributed by atoms with E-state index in [1.807, 2.05) is 18.2 Å². The van der Waals surface area contributed by atoms with Gasteiger partial charge in [-0.3, -0.25) is 19.1 Å². The Morgan fingerprint density at radius 2 is 2.00 bits per heavy atom. The van der Waals surface area contributed by atoms with Gasteiger partial charge in [0.2, 0.25) is 5.91 Å². The maximum absolute atomic E-state index is 12.8. The van der Waals surface area contributed by atoms with Gasteiger partial charge in [-0.1, -0.05) is 17.7 Å². The number of amides is 1. The highest BCUT2D eigenvalue weighted by Crippen LogP contribution is 2.25. The SMILES string of the molecule is Cc1cnc(NCCc2ccccn2)c(=O)n1CC(=O)NCc1cc(Cl)ccc1OCC(F)(F)F. The minimum atomic E-state index is -4.51. The van der Waals surface area contributed by atoms with Gasteiger partial charge >= 0.3 is 6.18 Å². The summed E-state index contributed by atoms with van der Waals surface area (Å²) in [5.74, 6) is -0.483. The molecule has 0 radical (unpaired) electrons. The predicted octanol–water partition coefficient (Wildman–Crippen LogP) is 3.51. The number of aryl methyl sites for hydroxylation is 1. The summed E-state index contributed by atoms with van der Waals surface area (Å²) in [6, 6.07) is 9.64. The number of rotatable bonds is 10. The van der Waals surface area contributed by atoms with Crippen LogP contribution in [0.5, 0.6) is 5.75 Å². The fourth-order valence-corrected chi connectivity index (χ4v) is 3.32. The fourth-order valence-electron chi connectivity index (χ4n) is 3.12. The number of nitrogens with one attached hydrogen (secondary N) is 2. The minimum Gasteiger partial charge on any atom is -0.484 e. The first kappa shape index (κ1) is 26.0. The Hall–Kier alpha value is -3.60. The Bertz CT molecular complexity index is 1220. The molecular formula is C23H23ClF3N5O3. The first-order chi connectivity index (χ1) is 16.6. The number of ether oxygens (including phenoxy) is 1. The van der Waals surface area contributed by atoms with E-state index in [-0.39, 0.29) is 35.2 Å². The Balaban J connectivity index is 1.62. The van der Waals surface area contributed by atoms with Gasteiger partial charge in [0.1, 0.15) is 12.3 Å². The van der Waals surface area contributed by atoms with E-state index in [1.54, 1.807) is 13.1 Å². The molecule has 0 unspecified atom stereocenters. The monoisotopic (exact) mass is 509 g/mol. The summed E-state index contributed by atoms with van der Waals surface area (Å²) in [6.45, 7) is 0.142. The first-order valence-electron chi connectivity index (χ1n) is 10.6. The van der Waals surface area contributed by atoms with Crippen LogP contribution < -0.4 is 20.9 Å². The maximum Gasteiger partial charge on any atom is 0.422 e. The molecule has 2 N–H and O–H groups in total. The van der Waals surface area contributed by atoms with E-state index in [0.29, 0.717) is 18.7 Å². The molecule has 186 valence electrons. The van der Waals surface area contributed by atoms with Crippen molar-refractivity contribution in [2.24, 2.45) is 0 Å². The summed E-state index contributed by atoms with van der Waals surface area (Å²) in [5, 5.41) is 5.82. The minimum absolute atomic E-state index is 0.0522. The topological polar surface area (TPSA) is 98.1 Å². The largest absolute Gasteiger partial charge is 0.484 e. The van der Waals surface area contributed by atoms with Gasteiger partial charge < -0.3 is 15.4 Å². The maximum atomic E-state index is 12.8. The van der Waals surface area contributed by atoms with Gasteiger partial charge in [-0.25, -0.2) is 4.98 Å². The van der Waals surface area contributed by atoms with Gasteiger partial charge in [-0.2, -0.15) is 13.2 Å². The van der Waals surface area contributed by atoms with E-state index >= 15 is 0 Å². The zero-order valence-electron chi connectivity index (χ0n) is 18.7. The van der Waals surface area contributed by atoms with Gasteiger partial charge in [-0.05, 0) is 37.3 Å². The van der Waals surface area contributed by atoms with Crippen molar-refractivity contribution in [3.63, 3.8) is 0 Å². The van der Waals surface area contributed by atoms with Crippen molar-refractivity contribution in [1.29, 1.82) is 0 Å². The lowest BCUT2D eigenvalue weighted by molar-refractivity contribution is -0.153. The lowest BCUT2D eigenvalue weighted by Crippen LogP contribution is -2.34. The normalized spacial score (nSPS) is 11.2. The number of pyridine rings is 1. The number of hydrogen-bond acceptors (Lipinski definition) is 6. The molecule has 0 aliphatic rings. The average molecular weight is 510 g/mol. The van der Waals surface area contributed by atoms with Gasteiger partial charge in [0.05, 0.1) is 0 Å². The summed E-state index contributed by atoms with van der Waals surface area (Å²) in [7, 11) is 0. The molecule has 12 heteroatoms. The van der Waals surface area contributed by atoms with E-state index in [4.69, 9.17) is 16.3 Å². The van der Waals surface area contributed by atoms with Crippen molar-refractivity contribution >= 4 is 23.3 Å². The Morgan fingerprint density at radius 3 is 2.71 bits per heavy atom. The number of hydrogen-bond donors (Lipinski definition) is 2. The van der Waals surface area contributed by atoms with E-state index in [2.05, 4.69) is 20.6 Å². The first-order valence-corrected chi connectivity index (χ1v) is 10.9. The number of benzene rings is 1. The van der Waals surface area contributed by atoms with Crippen LogP contribution in [0.15, 0.2) is 53.6 Å². The lowest BCUT2D eigenvalue weighted by atomic mass is 10.2. The number of carbonyl (C=O) groups is 1. The third-order valence-electron chi connectivity index (χ3n) is 4.85. The molecule has 8 nitrogen and oxygen atoms in total. The molecule has 2 aromatic heterocycles. The molecule has 0 saturated carbocycles. The van der Waals surface area contributed by atoms with Crippen LogP contribution in [-0.2, 0) is 24.3 Å². The number of alkyl halides is 3. The van der Waals surface area contributed by atoms with Crippen molar-refractivity contribution in [1.82, 2.24) is 19.9 Å². The van der Waals surface area contributed by atoms with Crippen molar-refractivity contribution in [3.05, 3.63) is 81.1 Å². The van der Waals surface area contributed by atoms with Crippen molar-refractivity contribution < 1.29 is 22.7 Å². The second-order valence-electron chi connectivity index (χ2n) is 7.57. The summed E-state index contributed by atoms with van der Waals surface area (Å²) >= 11 is 5.94. The zero-order valence-corrected chi connectivity index (χ0v) is 19.5. The molecular weight excluding hydrogens is 487 g/mol. The summed E-state index contributed by atoms with van der Waals surface area (Å²) < 4.78 is 43.6. The van der Waals surface area contributed by atoms with E-state index in [0.717, 1.165) is 5.69 Å². The third-order valence-corrected chi connectivity index (χ3v) is 5.08. The molecule has 0 saturated heterocycles. The molecule has 1 amide bonds. The van der Waals surface area contributed by atoms with Crippen molar-refractivity contribution in [2.45, 2.75) is 32.6 Å². The van der Waals surface area contributed by atoms with Crippen molar-refractivity contribution in [3.8, 4) is 5.75 Å². The molecule has 3 rings (SSSR count). The molecule has 0 atom stereocenters. The van der Waals surface area contributed by atoms with Gasteiger partial charge in [-0.15, -0.1) is 0 Å². The number of carbonyl (C=O) groups excluding carboxylic acids is 1. The smallest absolute Gasteiger partial charge is 0.422 e. The van der Waals surface area contributed by atoms with Crippen molar-refractivity contribution in [2.75, 3.05) is 18.5 Å². The number of nitrogens with zero attached hydrogens (tertiary/aromatic N) is 3. The third kappa shape index (κ3) is 7.99. The van der Waals surface area contributed by atoms with Crippen LogP contribution in [0.1, 0.15) is 17.0 Å². The molecule has 0 spiro atoms. The van der Waals surface area contributed by atoms with Crippen LogP contribution in [-0.4, -0.2) is 39.8 Å². The van der Waals surface area contributed by atoms with E-state index in [1.165, 1.54) is 29.0 Å². The number of aromatic nitrogens is 3.